The minimum atomic E-state index is -0.638. The third-order valence-electron chi connectivity index (χ3n) is 2.13. The highest BCUT2D eigenvalue weighted by molar-refractivity contribution is 8.01. The molecule has 0 spiro atoms. The van der Waals surface area contributed by atoms with Crippen molar-refractivity contribution in [1.82, 2.24) is 10.2 Å². The van der Waals surface area contributed by atoms with Gasteiger partial charge in [0.1, 0.15) is 5.82 Å². The molecular weight excluding hydrogens is 303 g/mol. The highest BCUT2D eigenvalue weighted by Crippen LogP contribution is 2.37. The summed E-state index contributed by atoms with van der Waals surface area (Å²) >= 11 is 2.39. The van der Waals surface area contributed by atoms with Crippen LogP contribution in [0.2, 0.25) is 0 Å². The van der Waals surface area contributed by atoms with Gasteiger partial charge in [-0.25, -0.2) is 4.39 Å². The molecule has 0 bridgehead atoms. The van der Waals surface area contributed by atoms with Crippen LogP contribution in [0, 0.1) is 15.9 Å². The van der Waals surface area contributed by atoms with Gasteiger partial charge in [0.05, 0.1) is 15.9 Å². The van der Waals surface area contributed by atoms with E-state index in [0.717, 1.165) is 17.8 Å². The van der Waals surface area contributed by atoms with Crippen molar-refractivity contribution in [3.8, 4) is 0 Å². The number of halogens is 1. The zero-order valence-corrected chi connectivity index (χ0v) is 12.3. The highest BCUT2D eigenvalue weighted by atomic mass is 32.2. The smallest absolute Gasteiger partial charge is 0.286 e. The van der Waals surface area contributed by atoms with E-state index in [2.05, 4.69) is 15.5 Å². The number of benzene rings is 1. The van der Waals surface area contributed by atoms with Crippen LogP contribution >= 0.6 is 23.1 Å². The molecule has 0 saturated carbocycles. The molecule has 2 aromatic rings. The number of aromatic nitrogens is 2. The average Bonchev–Trinajstić information content (AvgIpc) is 2.77. The predicted octanol–water partition coefficient (Wildman–Crippen LogP) is 3.56. The summed E-state index contributed by atoms with van der Waals surface area (Å²) in [5, 5.41) is 22.5. The van der Waals surface area contributed by atoms with Gasteiger partial charge in [-0.1, -0.05) is 11.3 Å². The second-order valence-corrected chi connectivity index (χ2v) is 6.41. The van der Waals surface area contributed by atoms with Gasteiger partial charge >= 0.3 is 0 Å². The maximum Gasteiger partial charge on any atom is 0.286 e. The van der Waals surface area contributed by atoms with Gasteiger partial charge in [0, 0.05) is 6.04 Å². The Bertz CT molecular complexity index is 633. The van der Waals surface area contributed by atoms with Crippen LogP contribution < -0.4 is 5.32 Å². The lowest BCUT2D eigenvalue weighted by Crippen LogP contribution is -2.08. The van der Waals surface area contributed by atoms with E-state index in [1.54, 1.807) is 0 Å². The van der Waals surface area contributed by atoms with Crippen LogP contribution in [0.5, 0.6) is 0 Å². The van der Waals surface area contributed by atoms with E-state index in [0.29, 0.717) is 14.4 Å². The number of nitro benzene ring substituents is 1. The Hall–Kier alpha value is -1.74. The quantitative estimate of drug-likeness (QED) is 0.671. The number of anilines is 1. The van der Waals surface area contributed by atoms with E-state index in [-0.39, 0.29) is 11.7 Å². The van der Waals surface area contributed by atoms with Crippen LogP contribution in [0.1, 0.15) is 13.8 Å². The van der Waals surface area contributed by atoms with Crippen molar-refractivity contribution in [3.05, 3.63) is 34.1 Å². The SMILES string of the molecule is CC(C)Nc1nnc(Sc2ccc(F)cc2[N+](=O)[O-])s1. The van der Waals surface area contributed by atoms with E-state index in [4.69, 9.17) is 0 Å². The molecule has 1 aromatic heterocycles. The first-order valence-corrected chi connectivity index (χ1v) is 7.31. The van der Waals surface area contributed by atoms with Gasteiger partial charge in [0.2, 0.25) is 5.13 Å². The first kappa shape index (κ1) is 14.7. The molecule has 0 aliphatic heterocycles. The Morgan fingerprint density at radius 2 is 2.20 bits per heavy atom. The van der Waals surface area contributed by atoms with Gasteiger partial charge < -0.3 is 5.32 Å². The van der Waals surface area contributed by atoms with Gasteiger partial charge in [-0.3, -0.25) is 10.1 Å². The molecule has 0 fully saturated rings. The topological polar surface area (TPSA) is 81.0 Å². The summed E-state index contributed by atoms with van der Waals surface area (Å²) in [6.07, 6.45) is 0. The van der Waals surface area contributed by atoms with Gasteiger partial charge in [-0.15, -0.1) is 10.2 Å². The van der Waals surface area contributed by atoms with Crippen molar-refractivity contribution in [3.63, 3.8) is 0 Å². The molecule has 0 aliphatic carbocycles. The molecule has 0 saturated heterocycles. The summed E-state index contributed by atoms with van der Waals surface area (Å²) in [5.41, 5.74) is -0.274. The Morgan fingerprint density at radius 1 is 1.45 bits per heavy atom. The molecule has 2 rings (SSSR count). The third-order valence-corrected chi connectivity index (χ3v) is 4.10. The lowest BCUT2D eigenvalue weighted by Gasteiger charge is -2.03. The minimum Gasteiger partial charge on any atom is -0.358 e. The fraction of sp³-hybridized carbons (Fsp3) is 0.273. The molecule has 9 heteroatoms. The maximum atomic E-state index is 13.0. The number of nitro groups is 1. The van der Waals surface area contributed by atoms with E-state index in [1.165, 1.54) is 23.5 Å². The van der Waals surface area contributed by atoms with Crippen molar-refractivity contribution in [2.24, 2.45) is 0 Å². The molecule has 0 amide bonds. The second kappa shape index (κ2) is 6.14. The van der Waals surface area contributed by atoms with Crippen LogP contribution in [0.4, 0.5) is 15.2 Å². The zero-order valence-electron chi connectivity index (χ0n) is 10.7. The summed E-state index contributed by atoms with van der Waals surface area (Å²) in [6.45, 7) is 3.94. The fourth-order valence-corrected chi connectivity index (χ4v) is 3.31. The summed E-state index contributed by atoms with van der Waals surface area (Å²) in [6, 6.07) is 3.68. The molecule has 1 N–H and O–H groups in total. The summed E-state index contributed by atoms with van der Waals surface area (Å²) in [7, 11) is 0. The second-order valence-electron chi connectivity index (χ2n) is 4.14. The number of hydrogen-bond acceptors (Lipinski definition) is 7. The standard InChI is InChI=1S/C11H11FN4O2S2/c1-6(2)13-10-14-15-11(20-10)19-9-4-3-7(12)5-8(9)16(17)18/h3-6H,1-2H3,(H,13,14). The number of nitrogens with zero attached hydrogens (tertiary/aromatic N) is 3. The Kier molecular flexibility index (Phi) is 4.50. The van der Waals surface area contributed by atoms with Crippen molar-refractivity contribution >= 4 is 33.9 Å². The lowest BCUT2D eigenvalue weighted by atomic mass is 10.3. The van der Waals surface area contributed by atoms with Crippen molar-refractivity contribution in [2.75, 3.05) is 5.32 Å². The highest BCUT2D eigenvalue weighted by Gasteiger charge is 2.18. The van der Waals surface area contributed by atoms with E-state index in [9.17, 15) is 14.5 Å². The van der Waals surface area contributed by atoms with Gasteiger partial charge in [0.25, 0.3) is 5.69 Å². The van der Waals surface area contributed by atoms with Crippen molar-refractivity contribution < 1.29 is 9.31 Å². The summed E-state index contributed by atoms with van der Waals surface area (Å²) in [4.78, 5) is 10.6. The van der Waals surface area contributed by atoms with Crippen LogP contribution in [0.25, 0.3) is 0 Å². The molecule has 6 nitrogen and oxygen atoms in total. The van der Waals surface area contributed by atoms with Gasteiger partial charge in [-0.2, -0.15) is 0 Å². The lowest BCUT2D eigenvalue weighted by molar-refractivity contribution is -0.387. The predicted molar refractivity (Wildman–Crippen MR) is 75.8 cm³/mol. The van der Waals surface area contributed by atoms with Crippen LogP contribution in [-0.4, -0.2) is 21.2 Å². The third kappa shape index (κ3) is 3.64. The molecule has 0 radical (unpaired) electrons. The van der Waals surface area contributed by atoms with Gasteiger partial charge in [0.15, 0.2) is 4.34 Å². The first-order chi connectivity index (χ1) is 9.45. The normalized spacial score (nSPS) is 10.8. The monoisotopic (exact) mass is 314 g/mol. The molecule has 106 valence electrons. The number of rotatable bonds is 5. The van der Waals surface area contributed by atoms with Crippen LogP contribution in [0.3, 0.4) is 0 Å². The zero-order chi connectivity index (χ0) is 14.7. The molecule has 1 aromatic carbocycles. The van der Waals surface area contributed by atoms with E-state index < -0.39 is 10.7 Å². The maximum absolute atomic E-state index is 13.0. The number of hydrogen-bond donors (Lipinski definition) is 1. The molecule has 0 atom stereocenters. The summed E-state index contributed by atoms with van der Waals surface area (Å²) < 4.78 is 13.6. The molecule has 1 heterocycles. The van der Waals surface area contributed by atoms with E-state index in [1.807, 2.05) is 13.8 Å². The Balaban J connectivity index is 2.21. The molecular formula is C11H11FN4O2S2. The average molecular weight is 314 g/mol. The fourth-order valence-electron chi connectivity index (χ4n) is 1.37. The van der Waals surface area contributed by atoms with Crippen LogP contribution in [-0.2, 0) is 0 Å². The van der Waals surface area contributed by atoms with E-state index >= 15 is 0 Å². The van der Waals surface area contributed by atoms with Crippen molar-refractivity contribution in [2.45, 2.75) is 29.1 Å². The molecule has 0 aliphatic rings. The Labute approximate surface area is 122 Å². The molecule has 20 heavy (non-hydrogen) atoms. The Morgan fingerprint density at radius 3 is 2.85 bits per heavy atom. The van der Waals surface area contributed by atoms with Crippen LogP contribution in [0.15, 0.2) is 27.4 Å². The minimum absolute atomic E-state index is 0.223. The largest absolute Gasteiger partial charge is 0.358 e. The number of nitrogens with one attached hydrogen (secondary N) is 1. The first-order valence-electron chi connectivity index (χ1n) is 5.67. The van der Waals surface area contributed by atoms with Crippen molar-refractivity contribution in [1.29, 1.82) is 0 Å². The molecule has 0 unspecified atom stereocenters. The summed E-state index contributed by atoms with van der Waals surface area (Å²) in [5.74, 6) is -0.638. The van der Waals surface area contributed by atoms with Gasteiger partial charge in [-0.05, 0) is 37.7 Å².